The number of anilines is 2. The molecule has 0 radical (unpaired) electrons. The number of hydrogen-bond acceptors (Lipinski definition) is 8. The third kappa shape index (κ3) is 6.96. The molecule has 0 aliphatic carbocycles. The van der Waals surface area contributed by atoms with Crippen LogP contribution in [0.15, 0.2) is 23.0 Å². The van der Waals surface area contributed by atoms with Crippen LogP contribution in [0.4, 0.5) is 20.6 Å². The van der Waals surface area contributed by atoms with Gasteiger partial charge in [0.2, 0.25) is 0 Å². The van der Waals surface area contributed by atoms with E-state index in [2.05, 4.69) is 27.9 Å². The first kappa shape index (κ1) is 27.9. The van der Waals surface area contributed by atoms with Crippen molar-refractivity contribution in [3.63, 3.8) is 0 Å². The molecule has 3 rings (SSSR count). The van der Waals surface area contributed by atoms with Crippen LogP contribution in [-0.4, -0.2) is 54.3 Å². The van der Waals surface area contributed by atoms with Gasteiger partial charge in [0.1, 0.15) is 21.1 Å². The largest absolute Gasteiger partial charge is 0.462 e. The Balaban J connectivity index is 1.75. The van der Waals surface area contributed by atoms with Gasteiger partial charge in [-0.2, -0.15) is 5.26 Å². The van der Waals surface area contributed by atoms with Crippen LogP contribution in [0.5, 0.6) is 0 Å². The van der Waals surface area contributed by atoms with E-state index in [0.717, 1.165) is 37.1 Å². The highest BCUT2D eigenvalue weighted by Gasteiger charge is 2.20. The molecule has 2 heterocycles. The van der Waals surface area contributed by atoms with Gasteiger partial charge >= 0.3 is 12.0 Å². The number of esters is 1. The molecule has 10 nitrogen and oxygen atoms in total. The molecule has 1 fully saturated rings. The van der Waals surface area contributed by atoms with Gasteiger partial charge in [-0.25, -0.2) is 14.0 Å². The van der Waals surface area contributed by atoms with Crippen LogP contribution in [0.1, 0.15) is 33.1 Å². The van der Waals surface area contributed by atoms with Crippen molar-refractivity contribution in [2.45, 2.75) is 45.7 Å². The van der Waals surface area contributed by atoms with E-state index in [1.165, 1.54) is 29.0 Å². The molecule has 0 spiro atoms. The second-order valence-corrected chi connectivity index (χ2v) is 9.49. The van der Waals surface area contributed by atoms with Crippen LogP contribution in [0.2, 0.25) is 0 Å². The first-order valence-corrected chi connectivity index (χ1v) is 12.9. The standard InChI is InChI=1S/C25H31FN6O4S/c1-4-32-22(33)21(37-23(32)18(14-27)24(34)36-5-2)15-29-16-8-9-19(26)20(13-16)30-25(35)28-11-10-17-7-6-12-31(17)3/h8-9,13,15,17,29H,4-7,10-12H2,1-3H3,(H2,28,30,35). The van der Waals surface area contributed by atoms with Gasteiger partial charge in [0.25, 0.3) is 5.56 Å². The number of likely N-dealkylation sites (tertiary alicyclic amines) is 1. The zero-order chi connectivity index (χ0) is 26.9. The van der Waals surface area contributed by atoms with Crippen LogP contribution >= 0.6 is 11.3 Å². The number of nitrogens with zero attached hydrogens (tertiary/aromatic N) is 3. The Morgan fingerprint density at radius 2 is 2.14 bits per heavy atom. The Bertz CT molecular complexity index is 1360. The number of benzene rings is 1. The number of nitriles is 1. The van der Waals surface area contributed by atoms with E-state index in [4.69, 9.17) is 4.74 Å². The van der Waals surface area contributed by atoms with Crippen LogP contribution in [0.3, 0.4) is 0 Å². The molecule has 1 unspecified atom stereocenters. The molecule has 1 aliphatic heterocycles. The van der Waals surface area contributed by atoms with Crippen molar-refractivity contribution < 1.29 is 18.7 Å². The molecule has 3 N–H and O–H groups in total. The lowest BCUT2D eigenvalue weighted by Crippen LogP contribution is -2.34. The molecular weight excluding hydrogens is 499 g/mol. The Labute approximate surface area is 218 Å². The maximum absolute atomic E-state index is 14.3. The van der Waals surface area contributed by atoms with Gasteiger partial charge < -0.3 is 25.6 Å². The number of halogens is 1. The number of aromatic nitrogens is 1. The molecule has 1 aromatic heterocycles. The number of rotatable bonds is 9. The van der Waals surface area contributed by atoms with Crippen molar-refractivity contribution in [2.75, 3.05) is 37.4 Å². The van der Waals surface area contributed by atoms with E-state index in [0.29, 0.717) is 18.3 Å². The quantitative estimate of drug-likeness (QED) is 0.422. The summed E-state index contributed by atoms with van der Waals surface area (Å²) in [6.07, 6.45) is 4.49. The molecule has 1 atom stereocenters. The summed E-state index contributed by atoms with van der Waals surface area (Å²) in [6.45, 7) is 5.24. The molecule has 2 amide bonds. The molecule has 1 aromatic carbocycles. The van der Waals surface area contributed by atoms with Crippen LogP contribution < -0.4 is 30.7 Å². The first-order valence-electron chi connectivity index (χ1n) is 12.1. The van der Waals surface area contributed by atoms with Crippen molar-refractivity contribution in [1.29, 1.82) is 5.26 Å². The molecule has 37 heavy (non-hydrogen) atoms. The number of ether oxygens (including phenoxy) is 1. The molecule has 0 bridgehead atoms. The highest BCUT2D eigenvalue weighted by atomic mass is 32.1. The molecule has 2 aromatic rings. The van der Waals surface area contributed by atoms with Crippen molar-refractivity contribution >= 4 is 46.5 Å². The van der Waals surface area contributed by atoms with Crippen molar-refractivity contribution in [3.8, 4) is 6.07 Å². The molecule has 1 saturated heterocycles. The summed E-state index contributed by atoms with van der Waals surface area (Å²) in [5.41, 5.74) is -0.227. The zero-order valence-electron chi connectivity index (χ0n) is 21.1. The van der Waals surface area contributed by atoms with Crippen molar-refractivity contribution in [2.24, 2.45) is 0 Å². The third-order valence-electron chi connectivity index (χ3n) is 6.05. The van der Waals surface area contributed by atoms with E-state index in [9.17, 15) is 24.0 Å². The van der Waals surface area contributed by atoms with Crippen LogP contribution in [0.25, 0.3) is 11.8 Å². The number of amides is 2. The average molecular weight is 531 g/mol. The van der Waals surface area contributed by atoms with E-state index < -0.39 is 17.8 Å². The van der Waals surface area contributed by atoms with Gasteiger partial charge in [0, 0.05) is 31.0 Å². The molecule has 12 heteroatoms. The minimum absolute atomic E-state index is 0.0193. The monoisotopic (exact) mass is 530 g/mol. The Morgan fingerprint density at radius 1 is 1.35 bits per heavy atom. The van der Waals surface area contributed by atoms with Gasteiger partial charge in [-0.05, 0) is 64.9 Å². The second kappa shape index (κ2) is 13.0. The summed E-state index contributed by atoms with van der Waals surface area (Å²) in [7, 11) is 2.07. The highest BCUT2D eigenvalue weighted by Crippen LogP contribution is 2.20. The minimum atomic E-state index is -0.796. The fourth-order valence-corrected chi connectivity index (χ4v) is 5.18. The SMILES string of the molecule is CCOC(=O)C(C#N)=c1sc(=CNc2ccc(F)c(NC(=O)NCCC3CCCN3C)c2)c(=O)n1CC. The Morgan fingerprint density at radius 3 is 2.78 bits per heavy atom. The van der Waals surface area contributed by atoms with Crippen LogP contribution in [0, 0.1) is 17.1 Å². The second-order valence-electron chi connectivity index (χ2n) is 8.46. The van der Waals surface area contributed by atoms with Gasteiger partial charge in [0.05, 0.1) is 12.3 Å². The summed E-state index contributed by atoms with van der Waals surface area (Å²) < 4.78 is 21.0. The number of carbonyl (C=O) groups is 2. The summed E-state index contributed by atoms with van der Waals surface area (Å²) in [5.74, 6) is -1.40. The minimum Gasteiger partial charge on any atom is -0.462 e. The number of nitrogens with one attached hydrogen (secondary N) is 3. The van der Waals surface area contributed by atoms with E-state index >= 15 is 0 Å². The van der Waals surface area contributed by atoms with Crippen LogP contribution in [-0.2, 0) is 16.1 Å². The van der Waals surface area contributed by atoms with Crippen molar-refractivity contribution in [1.82, 2.24) is 14.8 Å². The maximum atomic E-state index is 14.3. The molecule has 198 valence electrons. The first-order chi connectivity index (χ1) is 17.8. The molecular formula is C25H31FN6O4S. The average Bonchev–Trinajstić information content (AvgIpc) is 3.42. The fourth-order valence-electron chi connectivity index (χ4n) is 4.10. The van der Waals surface area contributed by atoms with Crippen molar-refractivity contribution in [3.05, 3.63) is 43.6 Å². The summed E-state index contributed by atoms with van der Waals surface area (Å²) >= 11 is 0.969. The van der Waals surface area contributed by atoms with Gasteiger partial charge in [0.15, 0.2) is 5.57 Å². The van der Waals surface area contributed by atoms with Gasteiger partial charge in [-0.1, -0.05) is 0 Å². The smallest absolute Gasteiger partial charge is 0.351 e. The predicted molar refractivity (Wildman–Crippen MR) is 141 cm³/mol. The summed E-state index contributed by atoms with van der Waals surface area (Å²) in [4.78, 5) is 39.5. The number of carbonyl (C=O) groups excluding carboxylic acids is 2. The number of thiazole rings is 1. The fraction of sp³-hybridized carbons (Fsp3) is 0.440. The highest BCUT2D eigenvalue weighted by molar-refractivity contribution is 7.07. The number of hydrogen-bond donors (Lipinski definition) is 3. The lowest BCUT2D eigenvalue weighted by Gasteiger charge is -2.19. The predicted octanol–water partition coefficient (Wildman–Crippen LogP) is 1.76. The summed E-state index contributed by atoms with van der Waals surface area (Å²) in [5, 5.41) is 17.7. The third-order valence-corrected chi connectivity index (χ3v) is 7.18. The molecule has 0 saturated carbocycles. The Hall–Kier alpha value is -3.69. The lowest BCUT2D eigenvalue weighted by atomic mass is 10.1. The Kier molecular flexibility index (Phi) is 9.82. The topological polar surface area (TPSA) is 128 Å². The summed E-state index contributed by atoms with van der Waals surface area (Å²) in [6, 6.07) is 5.83. The van der Waals surface area contributed by atoms with Gasteiger partial charge in [-0.3, -0.25) is 9.36 Å². The maximum Gasteiger partial charge on any atom is 0.351 e. The lowest BCUT2D eigenvalue weighted by molar-refractivity contribution is -0.136. The number of urea groups is 1. The molecule has 1 aliphatic rings. The van der Waals surface area contributed by atoms with Gasteiger partial charge in [-0.15, -0.1) is 11.3 Å². The normalized spacial score (nSPS) is 16.7. The zero-order valence-corrected chi connectivity index (χ0v) is 21.9. The van der Waals surface area contributed by atoms with E-state index in [-0.39, 0.29) is 39.2 Å². The van der Waals surface area contributed by atoms with E-state index in [1.807, 2.05) is 6.07 Å². The van der Waals surface area contributed by atoms with E-state index in [1.54, 1.807) is 13.8 Å².